The summed E-state index contributed by atoms with van der Waals surface area (Å²) in [7, 11) is 0. The molecule has 2 aliphatic carbocycles. The van der Waals surface area contributed by atoms with Crippen LogP contribution in [0.3, 0.4) is 0 Å². The molecule has 0 aliphatic heterocycles. The van der Waals surface area contributed by atoms with Gasteiger partial charge in [-0.05, 0) is 42.4 Å². The number of hydrogen-bond acceptors (Lipinski definition) is 0. The van der Waals surface area contributed by atoms with Gasteiger partial charge in [0.2, 0.25) is 0 Å². The highest BCUT2D eigenvalue weighted by atomic mass is 14.4. The Morgan fingerprint density at radius 3 is 2.27 bits per heavy atom. The SMILES string of the molecule is CCC(C)(C)C1CCC2CCCCC2C1. The maximum absolute atomic E-state index is 2.49. The zero-order valence-corrected chi connectivity index (χ0v) is 10.9. The largest absolute Gasteiger partial charge is 0.0649 e. The molecule has 3 atom stereocenters. The maximum atomic E-state index is 2.49. The fourth-order valence-corrected chi connectivity index (χ4v) is 3.87. The Kier molecular flexibility index (Phi) is 3.42. The Labute approximate surface area is 95.8 Å². The van der Waals surface area contributed by atoms with Gasteiger partial charge in [0, 0.05) is 0 Å². The molecule has 2 fully saturated rings. The highest BCUT2D eigenvalue weighted by Gasteiger charge is 2.37. The van der Waals surface area contributed by atoms with Crippen molar-refractivity contribution in [3.63, 3.8) is 0 Å². The molecule has 2 saturated carbocycles. The van der Waals surface area contributed by atoms with Crippen LogP contribution >= 0.6 is 0 Å². The number of hydrogen-bond donors (Lipinski definition) is 0. The first kappa shape index (κ1) is 11.5. The van der Waals surface area contributed by atoms with Crippen LogP contribution in [0.2, 0.25) is 0 Å². The van der Waals surface area contributed by atoms with Crippen molar-refractivity contribution in [1.82, 2.24) is 0 Å². The smallest absolute Gasteiger partial charge is 0.0328 e. The first-order chi connectivity index (χ1) is 7.13. The molecular formula is C15H28. The molecule has 15 heavy (non-hydrogen) atoms. The Morgan fingerprint density at radius 2 is 1.60 bits per heavy atom. The first-order valence-corrected chi connectivity index (χ1v) is 7.13. The van der Waals surface area contributed by atoms with Gasteiger partial charge in [0.1, 0.15) is 0 Å². The minimum Gasteiger partial charge on any atom is -0.0649 e. The van der Waals surface area contributed by atoms with Gasteiger partial charge in [0.05, 0.1) is 0 Å². The summed E-state index contributed by atoms with van der Waals surface area (Å²) in [6, 6.07) is 0. The lowest BCUT2D eigenvalue weighted by Crippen LogP contribution is -2.34. The van der Waals surface area contributed by atoms with Gasteiger partial charge in [-0.25, -0.2) is 0 Å². The molecule has 0 bridgehead atoms. The van der Waals surface area contributed by atoms with Crippen molar-refractivity contribution in [3.8, 4) is 0 Å². The predicted octanol–water partition coefficient (Wildman–Crippen LogP) is 5.03. The molecule has 3 unspecified atom stereocenters. The van der Waals surface area contributed by atoms with E-state index in [1.54, 1.807) is 25.7 Å². The van der Waals surface area contributed by atoms with Crippen LogP contribution in [0.25, 0.3) is 0 Å². The van der Waals surface area contributed by atoms with Crippen LogP contribution in [-0.2, 0) is 0 Å². The summed E-state index contributed by atoms with van der Waals surface area (Å²) < 4.78 is 0. The number of rotatable bonds is 2. The van der Waals surface area contributed by atoms with Crippen LogP contribution in [0.1, 0.15) is 72.1 Å². The summed E-state index contributed by atoms with van der Waals surface area (Å²) in [4.78, 5) is 0. The van der Waals surface area contributed by atoms with Crippen molar-refractivity contribution in [2.45, 2.75) is 72.1 Å². The molecule has 0 aromatic carbocycles. The number of fused-ring (bicyclic) bond motifs is 1. The van der Waals surface area contributed by atoms with Crippen molar-refractivity contribution >= 4 is 0 Å². The van der Waals surface area contributed by atoms with E-state index in [0.717, 1.165) is 17.8 Å². The summed E-state index contributed by atoms with van der Waals surface area (Å²) in [5.41, 5.74) is 0.600. The Balaban J connectivity index is 1.96. The quantitative estimate of drug-likeness (QED) is 0.597. The second-order valence-corrected chi connectivity index (χ2v) is 6.66. The zero-order chi connectivity index (χ0) is 10.9. The topological polar surface area (TPSA) is 0 Å². The van der Waals surface area contributed by atoms with Crippen LogP contribution < -0.4 is 0 Å². The molecule has 0 aromatic heterocycles. The second kappa shape index (κ2) is 4.47. The third-order valence-electron chi connectivity index (χ3n) is 5.56. The minimum atomic E-state index is 0.600. The molecule has 0 amide bonds. The van der Waals surface area contributed by atoms with Crippen LogP contribution in [-0.4, -0.2) is 0 Å². The monoisotopic (exact) mass is 208 g/mol. The lowest BCUT2D eigenvalue weighted by atomic mass is 9.61. The van der Waals surface area contributed by atoms with E-state index >= 15 is 0 Å². The van der Waals surface area contributed by atoms with Crippen LogP contribution in [0, 0.1) is 23.2 Å². The molecule has 2 rings (SSSR count). The summed E-state index contributed by atoms with van der Waals surface area (Å²) in [5.74, 6) is 3.23. The molecular weight excluding hydrogens is 180 g/mol. The highest BCUT2D eigenvalue weighted by Crippen LogP contribution is 2.48. The molecule has 0 aromatic rings. The van der Waals surface area contributed by atoms with Crippen molar-refractivity contribution in [2.24, 2.45) is 23.2 Å². The Bertz CT molecular complexity index is 204. The lowest BCUT2D eigenvalue weighted by molar-refractivity contribution is 0.0608. The highest BCUT2D eigenvalue weighted by molar-refractivity contribution is 4.88. The summed E-state index contributed by atoms with van der Waals surface area (Å²) in [6.07, 6.45) is 12.1. The van der Waals surface area contributed by atoms with Crippen LogP contribution in [0.15, 0.2) is 0 Å². The standard InChI is InChI=1S/C15H28/c1-4-15(2,3)14-10-9-12-7-5-6-8-13(12)11-14/h12-14H,4-11H2,1-3H3. The predicted molar refractivity (Wildman–Crippen MR) is 66.9 cm³/mol. The van der Waals surface area contributed by atoms with E-state index in [9.17, 15) is 0 Å². The van der Waals surface area contributed by atoms with Gasteiger partial charge in [0.25, 0.3) is 0 Å². The summed E-state index contributed by atoms with van der Waals surface area (Å²) in [6.45, 7) is 7.34. The van der Waals surface area contributed by atoms with Crippen molar-refractivity contribution < 1.29 is 0 Å². The Hall–Kier alpha value is 0. The lowest BCUT2D eigenvalue weighted by Gasteiger charge is -2.45. The van der Waals surface area contributed by atoms with Gasteiger partial charge in [-0.15, -0.1) is 0 Å². The minimum absolute atomic E-state index is 0.600. The van der Waals surface area contributed by atoms with Crippen LogP contribution in [0.5, 0.6) is 0 Å². The van der Waals surface area contributed by atoms with Crippen LogP contribution in [0.4, 0.5) is 0 Å². The average molecular weight is 208 g/mol. The third-order valence-corrected chi connectivity index (χ3v) is 5.56. The second-order valence-electron chi connectivity index (χ2n) is 6.66. The average Bonchev–Trinajstić information content (AvgIpc) is 2.28. The van der Waals surface area contributed by atoms with Gasteiger partial charge in [-0.1, -0.05) is 52.9 Å². The molecule has 0 heteroatoms. The first-order valence-electron chi connectivity index (χ1n) is 7.13. The molecule has 0 heterocycles. The molecule has 0 radical (unpaired) electrons. The van der Waals surface area contributed by atoms with Crippen molar-refractivity contribution in [3.05, 3.63) is 0 Å². The van der Waals surface area contributed by atoms with Crippen molar-refractivity contribution in [2.75, 3.05) is 0 Å². The van der Waals surface area contributed by atoms with E-state index in [0.29, 0.717) is 5.41 Å². The van der Waals surface area contributed by atoms with E-state index in [1.807, 2.05) is 0 Å². The molecule has 0 nitrogen and oxygen atoms in total. The van der Waals surface area contributed by atoms with E-state index in [-0.39, 0.29) is 0 Å². The van der Waals surface area contributed by atoms with E-state index in [2.05, 4.69) is 20.8 Å². The molecule has 88 valence electrons. The van der Waals surface area contributed by atoms with Gasteiger partial charge in [-0.3, -0.25) is 0 Å². The fourth-order valence-electron chi connectivity index (χ4n) is 3.87. The molecule has 2 aliphatic rings. The fraction of sp³-hybridized carbons (Fsp3) is 1.00. The normalized spacial score (nSPS) is 37.4. The summed E-state index contributed by atoms with van der Waals surface area (Å²) >= 11 is 0. The molecule has 0 spiro atoms. The summed E-state index contributed by atoms with van der Waals surface area (Å²) in [5, 5.41) is 0. The van der Waals surface area contributed by atoms with E-state index in [1.165, 1.54) is 25.7 Å². The van der Waals surface area contributed by atoms with E-state index in [4.69, 9.17) is 0 Å². The Morgan fingerprint density at radius 1 is 0.933 bits per heavy atom. The molecule has 0 N–H and O–H groups in total. The zero-order valence-electron chi connectivity index (χ0n) is 10.9. The van der Waals surface area contributed by atoms with E-state index < -0.39 is 0 Å². The van der Waals surface area contributed by atoms with Crippen molar-refractivity contribution in [1.29, 1.82) is 0 Å². The third kappa shape index (κ3) is 2.40. The van der Waals surface area contributed by atoms with Gasteiger partial charge in [0.15, 0.2) is 0 Å². The van der Waals surface area contributed by atoms with Gasteiger partial charge in [-0.2, -0.15) is 0 Å². The van der Waals surface area contributed by atoms with Gasteiger partial charge < -0.3 is 0 Å². The maximum Gasteiger partial charge on any atom is -0.0328 e. The molecule has 0 saturated heterocycles. The van der Waals surface area contributed by atoms with Gasteiger partial charge >= 0.3 is 0 Å².